The molecule has 1 heterocycles. The molecule has 98 valence electrons. The van der Waals surface area contributed by atoms with Crippen molar-refractivity contribution in [2.45, 2.75) is 17.0 Å². The van der Waals surface area contributed by atoms with Gasteiger partial charge in [0.05, 0.1) is 0 Å². The molecular formula is C13H11FN2OS2. The van der Waals surface area contributed by atoms with Crippen molar-refractivity contribution in [1.82, 2.24) is 9.36 Å². The summed E-state index contributed by atoms with van der Waals surface area (Å²) in [6.45, 7) is 1.60. The average Bonchev–Trinajstić information content (AvgIpc) is 2.81. The highest BCUT2D eigenvalue weighted by Crippen LogP contribution is 2.25. The molecule has 19 heavy (non-hydrogen) atoms. The number of benzene rings is 1. The zero-order valence-electron chi connectivity index (χ0n) is 10.2. The van der Waals surface area contributed by atoms with Crippen LogP contribution in [-0.2, 0) is 5.75 Å². The first kappa shape index (κ1) is 14.0. The van der Waals surface area contributed by atoms with Crippen LogP contribution in [0.1, 0.15) is 17.0 Å². The molecule has 0 saturated heterocycles. The predicted molar refractivity (Wildman–Crippen MR) is 74.6 cm³/mol. The summed E-state index contributed by atoms with van der Waals surface area (Å²) in [6.07, 6.45) is 0. The summed E-state index contributed by atoms with van der Waals surface area (Å²) in [7, 11) is 0. The third-order valence-electron chi connectivity index (χ3n) is 2.22. The molecule has 1 N–H and O–H groups in total. The monoisotopic (exact) mass is 294 g/mol. The smallest absolute Gasteiger partial charge is 0.170 e. The first-order valence-electron chi connectivity index (χ1n) is 5.50. The Labute approximate surface area is 119 Å². The van der Waals surface area contributed by atoms with Gasteiger partial charge in [-0.3, -0.25) is 0 Å². The third-order valence-corrected chi connectivity index (χ3v) is 4.20. The Kier molecular flexibility index (Phi) is 4.91. The van der Waals surface area contributed by atoms with Crippen molar-refractivity contribution in [3.05, 3.63) is 41.0 Å². The molecule has 3 nitrogen and oxygen atoms in total. The van der Waals surface area contributed by atoms with Crippen molar-refractivity contribution in [3.63, 3.8) is 0 Å². The Morgan fingerprint density at radius 3 is 2.95 bits per heavy atom. The minimum atomic E-state index is -0.293. The van der Waals surface area contributed by atoms with Gasteiger partial charge in [0.15, 0.2) is 4.34 Å². The van der Waals surface area contributed by atoms with Crippen LogP contribution >= 0.6 is 23.3 Å². The van der Waals surface area contributed by atoms with E-state index >= 15 is 0 Å². The highest BCUT2D eigenvalue weighted by atomic mass is 32.2. The maximum atomic E-state index is 13.8. The molecule has 0 radical (unpaired) electrons. The number of nitrogens with zero attached hydrogens (tertiary/aromatic N) is 2. The Bertz CT molecular complexity index is 631. The quantitative estimate of drug-likeness (QED) is 0.698. The van der Waals surface area contributed by atoms with Gasteiger partial charge in [0.25, 0.3) is 0 Å². The molecule has 1 aromatic heterocycles. The van der Waals surface area contributed by atoms with E-state index in [9.17, 15) is 4.39 Å². The molecule has 0 bridgehead atoms. The Balaban J connectivity index is 2.05. The molecule has 0 spiro atoms. The highest BCUT2D eigenvalue weighted by Gasteiger charge is 2.06. The third kappa shape index (κ3) is 4.03. The lowest BCUT2D eigenvalue weighted by Crippen LogP contribution is -1.89. The fraction of sp³-hybridized carbons (Fsp3) is 0.231. The number of aliphatic hydroxyl groups excluding tert-OH is 1. The van der Waals surface area contributed by atoms with Crippen LogP contribution in [-0.4, -0.2) is 21.1 Å². The summed E-state index contributed by atoms with van der Waals surface area (Å²) in [5.74, 6) is 6.11. The van der Waals surface area contributed by atoms with Crippen LogP contribution in [0, 0.1) is 24.6 Å². The van der Waals surface area contributed by atoms with Crippen molar-refractivity contribution >= 4 is 23.3 Å². The lowest BCUT2D eigenvalue weighted by atomic mass is 10.1. The minimum absolute atomic E-state index is 0.227. The molecule has 0 aliphatic rings. The van der Waals surface area contributed by atoms with Crippen LogP contribution in [0.5, 0.6) is 0 Å². The lowest BCUT2D eigenvalue weighted by molar-refractivity contribution is 0.350. The number of hydrogen-bond acceptors (Lipinski definition) is 5. The number of rotatable bonds is 3. The summed E-state index contributed by atoms with van der Waals surface area (Å²) in [5.41, 5.74) is 1.17. The summed E-state index contributed by atoms with van der Waals surface area (Å²) in [4.78, 5) is 4.21. The number of aromatic nitrogens is 2. The Morgan fingerprint density at radius 1 is 1.47 bits per heavy atom. The second kappa shape index (κ2) is 6.66. The van der Waals surface area contributed by atoms with Crippen molar-refractivity contribution in [1.29, 1.82) is 0 Å². The van der Waals surface area contributed by atoms with Gasteiger partial charge in [-0.25, -0.2) is 9.37 Å². The molecule has 0 aliphatic heterocycles. The number of hydrogen-bond donors (Lipinski definition) is 1. The van der Waals surface area contributed by atoms with E-state index < -0.39 is 0 Å². The zero-order chi connectivity index (χ0) is 13.7. The molecular weight excluding hydrogens is 283 g/mol. The Hall–Kier alpha value is -1.42. The van der Waals surface area contributed by atoms with Gasteiger partial charge in [0.1, 0.15) is 18.2 Å². The van der Waals surface area contributed by atoms with E-state index in [1.807, 2.05) is 6.92 Å². The van der Waals surface area contributed by atoms with Crippen LogP contribution in [0.15, 0.2) is 22.5 Å². The fourth-order valence-corrected chi connectivity index (χ4v) is 2.99. The van der Waals surface area contributed by atoms with E-state index in [-0.39, 0.29) is 12.4 Å². The van der Waals surface area contributed by atoms with E-state index in [1.54, 1.807) is 12.1 Å². The Morgan fingerprint density at radius 2 is 2.32 bits per heavy atom. The van der Waals surface area contributed by atoms with Crippen LogP contribution in [0.25, 0.3) is 0 Å². The van der Waals surface area contributed by atoms with Crippen LogP contribution < -0.4 is 0 Å². The maximum absolute atomic E-state index is 13.8. The molecule has 2 aromatic rings. The lowest BCUT2D eigenvalue weighted by Gasteiger charge is -2.01. The van der Waals surface area contributed by atoms with Gasteiger partial charge < -0.3 is 5.11 Å². The van der Waals surface area contributed by atoms with E-state index in [4.69, 9.17) is 5.11 Å². The largest absolute Gasteiger partial charge is 0.384 e. The number of thioether (sulfide) groups is 1. The first-order chi connectivity index (χ1) is 9.19. The molecule has 0 fully saturated rings. The van der Waals surface area contributed by atoms with Crippen LogP contribution in [0.3, 0.4) is 0 Å². The van der Waals surface area contributed by atoms with Crippen molar-refractivity contribution < 1.29 is 9.50 Å². The average molecular weight is 294 g/mol. The van der Waals surface area contributed by atoms with E-state index in [1.165, 1.54) is 29.4 Å². The van der Waals surface area contributed by atoms with Crippen molar-refractivity contribution in [3.8, 4) is 11.8 Å². The summed E-state index contributed by atoms with van der Waals surface area (Å²) in [5, 5.41) is 8.58. The van der Waals surface area contributed by atoms with Gasteiger partial charge in [-0.15, -0.1) is 0 Å². The SMILES string of the molecule is Cc1nsc(SCc2ccc(C#CCO)cc2F)n1. The second-order valence-electron chi connectivity index (χ2n) is 3.66. The van der Waals surface area contributed by atoms with Gasteiger partial charge in [0.2, 0.25) is 0 Å². The molecule has 2 rings (SSSR count). The standard InChI is InChI=1S/C13H11FN2OS2/c1-9-15-13(19-16-9)18-8-11-5-4-10(3-2-6-17)7-12(11)14/h4-5,7,17H,6,8H2,1H3. The molecule has 1 aromatic carbocycles. The summed E-state index contributed by atoms with van der Waals surface area (Å²) in [6, 6.07) is 4.83. The van der Waals surface area contributed by atoms with Crippen LogP contribution in [0.2, 0.25) is 0 Å². The molecule has 0 amide bonds. The molecule has 0 saturated carbocycles. The van der Waals surface area contributed by atoms with Crippen LogP contribution in [0.4, 0.5) is 4.39 Å². The van der Waals surface area contributed by atoms with Gasteiger partial charge in [0, 0.05) is 11.3 Å². The predicted octanol–water partition coefficient (Wildman–Crippen LogP) is 2.62. The van der Waals surface area contributed by atoms with Gasteiger partial charge in [-0.05, 0) is 36.2 Å². The van der Waals surface area contributed by atoms with E-state index in [0.717, 1.165) is 10.2 Å². The van der Waals surface area contributed by atoms with E-state index in [0.29, 0.717) is 16.9 Å². The summed E-state index contributed by atoms with van der Waals surface area (Å²) >= 11 is 2.78. The highest BCUT2D eigenvalue weighted by molar-refractivity contribution is 8.00. The second-order valence-corrected chi connectivity index (χ2v) is 5.64. The zero-order valence-corrected chi connectivity index (χ0v) is 11.8. The molecule has 0 atom stereocenters. The van der Waals surface area contributed by atoms with Crippen molar-refractivity contribution in [2.75, 3.05) is 6.61 Å². The minimum Gasteiger partial charge on any atom is -0.384 e. The van der Waals surface area contributed by atoms with Gasteiger partial charge in [-0.1, -0.05) is 29.7 Å². The van der Waals surface area contributed by atoms with E-state index in [2.05, 4.69) is 21.2 Å². The fourth-order valence-electron chi connectivity index (χ4n) is 1.36. The molecule has 0 unspecified atom stereocenters. The van der Waals surface area contributed by atoms with Crippen molar-refractivity contribution in [2.24, 2.45) is 0 Å². The first-order valence-corrected chi connectivity index (χ1v) is 7.26. The van der Waals surface area contributed by atoms with Gasteiger partial charge >= 0.3 is 0 Å². The number of aryl methyl sites for hydroxylation is 1. The molecule has 0 aliphatic carbocycles. The normalized spacial score (nSPS) is 10.1. The topological polar surface area (TPSA) is 46.0 Å². The number of aliphatic hydroxyl groups is 1. The van der Waals surface area contributed by atoms with Gasteiger partial charge in [-0.2, -0.15) is 4.37 Å². The molecule has 6 heteroatoms. The number of halogens is 1. The summed E-state index contributed by atoms with van der Waals surface area (Å²) < 4.78 is 18.7. The maximum Gasteiger partial charge on any atom is 0.170 e.